The SMILES string of the molecule is O=C(\C=C/C=C\C=C\C=C\C(=O)N1CCCCC1)N1CCCCC1. The van der Waals surface area contributed by atoms with Gasteiger partial charge in [-0.2, -0.15) is 0 Å². The number of carbonyl (C=O) groups is 2. The van der Waals surface area contributed by atoms with Crippen LogP contribution in [0.2, 0.25) is 0 Å². The van der Waals surface area contributed by atoms with Crippen LogP contribution in [-0.2, 0) is 9.59 Å². The number of hydrogen-bond acceptors (Lipinski definition) is 2. The maximum Gasteiger partial charge on any atom is 0.246 e. The summed E-state index contributed by atoms with van der Waals surface area (Å²) in [6, 6.07) is 0. The van der Waals surface area contributed by atoms with Crippen LogP contribution < -0.4 is 0 Å². The van der Waals surface area contributed by atoms with Crippen LogP contribution >= 0.6 is 0 Å². The van der Waals surface area contributed by atoms with Crippen LogP contribution in [0.25, 0.3) is 0 Å². The zero-order valence-corrected chi connectivity index (χ0v) is 14.4. The quantitative estimate of drug-likeness (QED) is 0.574. The maximum atomic E-state index is 11.9. The molecule has 2 amide bonds. The molecule has 2 heterocycles. The minimum atomic E-state index is 0.0929. The molecule has 2 aliphatic heterocycles. The molecule has 0 atom stereocenters. The smallest absolute Gasteiger partial charge is 0.246 e. The van der Waals surface area contributed by atoms with E-state index in [9.17, 15) is 9.59 Å². The Morgan fingerprint density at radius 3 is 1.21 bits per heavy atom. The molecule has 2 rings (SSSR count). The molecule has 0 aromatic carbocycles. The van der Waals surface area contributed by atoms with Crippen LogP contribution in [0, 0.1) is 0 Å². The van der Waals surface area contributed by atoms with Gasteiger partial charge in [-0.05, 0) is 38.5 Å². The molecule has 24 heavy (non-hydrogen) atoms. The number of hydrogen-bond donors (Lipinski definition) is 0. The van der Waals surface area contributed by atoms with Crippen molar-refractivity contribution in [3.63, 3.8) is 0 Å². The second-order valence-corrected chi connectivity index (χ2v) is 6.26. The molecule has 0 radical (unpaired) electrons. The largest absolute Gasteiger partial charge is 0.339 e. The van der Waals surface area contributed by atoms with E-state index in [2.05, 4.69) is 0 Å². The Morgan fingerprint density at radius 1 is 0.500 bits per heavy atom. The molecule has 2 fully saturated rings. The zero-order valence-electron chi connectivity index (χ0n) is 14.4. The van der Waals surface area contributed by atoms with Crippen molar-refractivity contribution in [2.75, 3.05) is 26.2 Å². The molecule has 0 bridgehead atoms. The van der Waals surface area contributed by atoms with Gasteiger partial charge in [0.15, 0.2) is 0 Å². The maximum absolute atomic E-state index is 11.9. The first kappa shape index (κ1) is 18.2. The third kappa shape index (κ3) is 6.57. The second-order valence-electron chi connectivity index (χ2n) is 6.26. The normalized spacial score (nSPS) is 20.0. The molecule has 4 nitrogen and oxygen atoms in total. The van der Waals surface area contributed by atoms with Crippen molar-refractivity contribution in [1.82, 2.24) is 9.80 Å². The summed E-state index contributed by atoms with van der Waals surface area (Å²) in [6.07, 6.45) is 21.0. The zero-order chi connectivity index (χ0) is 17.0. The minimum absolute atomic E-state index is 0.0929. The number of rotatable bonds is 5. The van der Waals surface area contributed by atoms with Crippen LogP contribution in [0.1, 0.15) is 38.5 Å². The molecule has 0 aromatic rings. The first-order chi connectivity index (χ1) is 11.8. The Labute approximate surface area is 145 Å². The van der Waals surface area contributed by atoms with E-state index in [4.69, 9.17) is 0 Å². The van der Waals surface area contributed by atoms with E-state index in [0.717, 1.165) is 51.9 Å². The van der Waals surface area contributed by atoms with Gasteiger partial charge in [0, 0.05) is 38.3 Å². The second kappa shape index (κ2) is 10.6. The number of nitrogens with zero attached hydrogens (tertiary/aromatic N) is 2. The lowest BCUT2D eigenvalue weighted by atomic mass is 10.1. The van der Waals surface area contributed by atoms with Crippen LogP contribution in [-0.4, -0.2) is 47.8 Å². The summed E-state index contributed by atoms with van der Waals surface area (Å²) in [6.45, 7) is 3.51. The molecule has 0 aromatic heterocycles. The van der Waals surface area contributed by atoms with Crippen LogP contribution in [0.15, 0.2) is 48.6 Å². The molecule has 130 valence electrons. The molecule has 2 saturated heterocycles. The summed E-state index contributed by atoms with van der Waals surface area (Å²) in [5, 5.41) is 0. The third-order valence-electron chi connectivity index (χ3n) is 4.37. The number of allylic oxidation sites excluding steroid dienone is 6. The van der Waals surface area contributed by atoms with Gasteiger partial charge >= 0.3 is 0 Å². The number of piperidine rings is 2. The third-order valence-corrected chi connectivity index (χ3v) is 4.37. The van der Waals surface area contributed by atoms with Gasteiger partial charge in [-0.15, -0.1) is 0 Å². The highest BCUT2D eigenvalue weighted by molar-refractivity contribution is 5.88. The van der Waals surface area contributed by atoms with Gasteiger partial charge in [-0.25, -0.2) is 0 Å². The molecule has 0 N–H and O–H groups in total. The molecule has 0 unspecified atom stereocenters. The molecule has 2 aliphatic rings. The monoisotopic (exact) mass is 328 g/mol. The molecular weight excluding hydrogens is 300 g/mol. The van der Waals surface area contributed by atoms with Gasteiger partial charge in [0.1, 0.15) is 0 Å². The van der Waals surface area contributed by atoms with Crippen LogP contribution in [0.4, 0.5) is 0 Å². The van der Waals surface area contributed by atoms with E-state index in [0.29, 0.717) is 0 Å². The van der Waals surface area contributed by atoms with Gasteiger partial charge in [0.2, 0.25) is 11.8 Å². The summed E-state index contributed by atoms with van der Waals surface area (Å²) in [5.74, 6) is 0.186. The number of carbonyl (C=O) groups excluding carboxylic acids is 2. The summed E-state index contributed by atoms with van der Waals surface area (Å²) in [4.78, 5) is 27.6. The predicted molar refractivity (Wildman–Crippen MR) is 97.4 cm³/mol. The van der Waals surface area contributed by atoms with E-state index >= 15 is 0 Å². The van der Waals surface area contributed by atoms with Crippen molar-refractivity contribution in [2.24, 2.45) is 0 Å². The first-order valence-corrected chi connectivity index (χ1v) is 9.03. The topological polar surface area (TPSA) is 40.6 Å². The van der Waals surface area contributed by atoms with Crippen molar-refractivity contribution in [1.29, 1.82) is 0 Å². The standard InChI is InChI=1S/C20H28N2O2/c23-19(21-15-9-5-10-16-21)13-7-3-1-2-4-8-14-20(24)22-17-11-6-12-18-22/h1-4,7-8,13-14H,5-6,9-12,15-18H2/b3-1-,4-2+,13-7-,14-8+. The van der Waals surface area contributed by atoms with Gasteiger partial charge in [0.25, 0.3) is 0 Å². The Bertz CT molecular complexity index is 472. The minimum Gasteiger partial charge on any atom is -0.339 e. The summed E-state index contributed by atoms with van der Waals surface area (Å²) < 4.78 is 0. The lowest BCUT2D eigenvalue weighted by Crippen LogP contribution is -2.34. The van der Waals surface area contributed by atoms with E-state index in [1.807, 2.05) is 34.1 Å². The average molecular weight is 328 g/mol. The molecule has 4 heteroatoms. The summed E-state index contributed by atoms with van der Waals surface area (Å²) >= 11 is 0. The van der Waals surface area contributed by atoms with Gasteiger partial charge < -0.3 is 9.80 Å². The molecule has 0 saturated carbocycles. The van der Waals surface area contributed by atoms with E-state index in [1.54, 1.807) is 24.3 Å². The fraction of sp³-hybridized carbons (Fsp3) is 0.500. The van der Waals surface area contributed by atoms with Crippen LogP contribution in [0.3, 0.4) is 0 Å². The predicted octanol–water partition coefficient (Wildman–Crippen LogP) is 3.24. The van der Waals surface area contributed by atoms with Gasteiger partial charge in [-0.3, -0.25) is 9.59 Å². The number of amides is 2. The lowest BCUT2D eigenvalue weighted by molar-refractivity contribution is -0.127. The average Bonchev–Trinajstić information content (AvgIpc) is 2.65. The van der Waals surface area contributed by atoms with Crippen molar-refractivity contribution in [3.05, 3.63) is 48.6 Å². The lowest BCUT2D eigenvalue weighted by Gasteiger charge is -2.25. The highest BCUT2D eigenvalue weighted by Crippen LogP contribution is 2.09. The molecule has 0 aliphatic carbocycles. The Balaban J connectivity index is 1.66. The van der Waals surface area contributed by atoms with Gasteiger partial charge in [-0.1, -0.05) is 36.5 Å². The Hall–Kier alpha value is -2.10. The van der Waals surface area contributed by atoms with Crippen molar-refractivity contribution >= 4 is 11.8 Å². The Morgan fingerprint density at radius 2 is 0.833 bits per heavy atom. The van der Waals surface area contributed by atoms with E-state index in [1.165, 1.54) is 12.8 Å². The van der Waals surface area contributed by atoms with Crippen molar-refractivity contribution in [3.8, 4) is 0 Å². The van der Waals surface area contributed by atoms with E-state index in [-0.39, 0.29) is 11.8 Å². The van der Waals surface area contributed by atoms with Crippen molar-refractivity contribution in [2.45, 2.75) is 38.5 Å². The van der Waals surface area contributed by atoms with E-state index < -0.39 is 0 Å². The summed E-state index contributed by atoms with van der Waals surface area (Å²) in [5.41, 5.74) is 0. The fourth-order valence-electron chi connectivity index (χ4n) is 2.97. The highest BCUT2D eigenvalue weighted by atomic mass is 16.2. The highest BCUT2D eigenvalue weighted by Gasteiger charge is 2.13. The Kier molecular flexibility index (Phi) is 8.08. The van der Waals surface area contributed by atoms with Crippen molar-refractivity contribution < 1.29 is 9.59 Å². The number of likely N-dealkylation sites (tertiary alicyclic amines) is 2. The molecule has 0 spiro atoms. The summed E-state index contributed by atoms with van der Waals surface area (Å²) in [7, 11) is 0. The van der Waals surface area contributed by atoms with Crippen LogP contribution in [0.5, 0.6) is 0 Å². The van der Waals surface area contributed by atoms with Gasteiger partial charge in [0.05, 0.1) is 0 Å². The first-order valence-electron chi connectivity index (χ1n) is 9.03. The fourth-order valence-corrected chi connectivity index (χ4v) is 2.97. The molecular formula is C20H28N2O2.